The van der Waals surface area contributed by atoms with Gasteiger partial charge in [-0.2, -0.15) is 0 Å². The van der Waals surface area contributed by atoms with Crippen LogP contribution in [0.1, 0.15) is 45.4 Å². The predicted molar refractivity (Wildman–Crippen MR) is 71.3 cm³/mol. The zero-order valence-electron chi connectivity index (χ0n) is 11.5. The molecular weight excluding hydrogens is 228 g/mol. The minimum absolute atomic E-state index is 0.277. The second-order valence-electron chi connectivity index (χ2n) is 6.13. The van der Waals surface area contributed by atoms with E-state index in [2.05, 4.69) is 5.32 Å². The number of rotatable bonds is 3. The number of carbonyl (C=O) groups is 1. The molecule has 2 heterocycles. The summed E-state index contributed by atoms with van der Waals surface area (Å²) in [6.45, 7) is 5.59. The predicted octanol–water partition coefficient (Wildman–Crippen LogP) is 1.14. The van der Waals surface area contributed by atoms with E-state index in [9.17, 15) is 9.90 Å². The first-order valence-corrected chi connectivity index (χ1v) is 7.28. The molecule has 4 heteroatoms. The molecule has 104 valence electrons. The van der Waals surface area contributed by atoms with Crippen molar-refractivity contribution in [1.29, 1.82) is 0 Å². The molecular formula is C14H26N2O2. The molecule has 2 atom stereocenters. The third-order valence-corrected chi connectivity index (χ3v) is 4.35. The average molecular weight is 254 g/mol. The Hall–Kier alpha value is -0.610. The molecule has 0 aromatic carbocycles. The van der Waals surface area contributed by atoms with Crippen LogP contribution in [-0.2, 0) is 4.79 Å². The number of hydrogen-bond acceptors (Lipinski definition) is 3. The Morgan fingerprint density at radius 2 is 2.28 bits per heavy atom. The minimum Gasteiger partial charge on any atom is -0.390 e. The molecule has 2 fully saturated rings. The van der Waals surface area contributed by atoms with E-state index < -0.39 is 5.60 Å². The van der Waals surface area contributed by atoms with Gasteiger partial charge in [-0.1, -0.05) is 0 Å². The van der Waals surface area contributed by atoms with Gasteiger partial charge >= 0.3 is 0 Å². The second-order valence-corrected chi connectivity index (χ2v) is 6.13. The lowest BCUT2D eigenvalue weighted by molar-refractivity contribution is -0.131. The maximum absolute atomic E-state index is 12.1. The van der Waals surface area contributed by atoms with Crippen LogP contribution >= 0.6 is 0 Å². The largest absolute Gasteiger partial charge is 0.390 e. The third-order valence-electron chi connectivity index (χ3n) is 4.35. The fourth-order valence-electron chi connectivity index (χ4n) is 2.96. The van der Waals surface area contributed by atoms with Crippen LogP contribution in [0.3, 0.4) is 0 Å². The maximum Gasteiger partial charge on any atom is 0.222 e. The number of amides is 1. The molecule has 0 aromatic rings. The van der Waals surface area contributed by atoms with E-state index in [1.54, 1.807) is 0 Å². The molecule has 2 aliphatic rings. The normalized spacial score (nSPS) is 33.4. The van der Waals surface area contributed by atoms with Crippen molar-refractivity contribution in [2.75, 3.05) is 26.2 Å². The molecule has 0 saturated carbocycles. The minimum atomic E-state index is -0.579. The van der Waals surface area contributed by atoms with Crippen LogP contribution in [0.2, 0.25) is 0 Å². The molecule has 0 aromatic heterocycles. The molecule has 18 heavy (non-hydrogen) atoms. The molecule has 0 aliphatic carbocycles. The van der Waals surface area contributed by atoms with E-state index in [4.69, 9.17) is 0 Å². The number of nitrogens with one attached hydrogen (secondary N) is 1. The average Bonchev–Trinajstić information content (AvgIpc) is 2.77. The van der Waals surface area contributed by atoms with Crippen LogP contribution in [0.4, 0.5) is 0 Å². The fourth-order valence-corrected chi connectivity index (χ4v) is 2.96. The van der Waals surface area contributed by atoms with Gasteiger partial charge in [0.15, 0.2) is 0 Å². The fraction of sp³-hybridized carbons (Fsp3) is 0.929. The summed E-state index contributed by atoms with van der Waals surface area (Å²) in [6, 6.07) is 0. The van der Waals surface area contributed by atoms with Gasteiger partial charge in [0.05, 0.1) is 5.60 Å². The molecule has 4 nitrogen and oxygen atoms in total. The van der Waals surface area contributed by atoms with Gasteiger partial charge in [0, 0.05) is 19.5 Å². The lowest BCUT2D eigenvalue weighted by Crippen LogP contribution is -2.33. The molecule has 0 radical (unpaired) electrons. The van der Waals surface area contributed by atoms with Gasteiger partial charge in [-0.05, 0) is 58.0 Å². The molecule has 1 amide bonds. The molecule has 2 aliphatic heterocycles. The Morgan fingerprint density at radius 1 is 1.44 bits per heavy atom. The summed E-state index contributed by atoms with van der Waals surface area (Å²) in [5, 5.41) is 13.3. The van der Waals surface area contributed by atoms with Gasteiger partial charge in [-0.25, -0.2) is 0 Å². The first-order chi connectivity index (χ1) is 8.57. The van der Waals surface area contributed by atoms with Gasteiger partial charge in [0.25, 0.3) is 0 Å². The Balaban J connectivity index is 1.74. The van der Waals surface area contributed by atoms with Crippen molar-refractivity contribution in [3.8, 4) is 0 Å². The monoisotopic (exact) mass is 254 g/mol. The van der Waals surface area contributed by atoms with Gasteiger partial charge in [0.2, 0.25) is 5.91 Å². The summed E-state index contributed by atoms with van der Waals surface area (Å²) in [5.74, 6) is 0.962. The zero-order chi connectivity index (χ0) is 13.0. The molecule has 2 N–H and O–H groups in total. The highest BCUT2D eigenvalue weighted by Gasteiger charge is 2.27. The van der Waals surface area contributed by atoms with Gasteiger partial charge in [0.1, 0.15) is 0 Å². The first-order valence-electron chi connectivity index (χ1n) is 7.28. The summed E-state index contributed by atoms with van der Waals surface area (Å²) < 4.78 is 0. The van der Waals surface area contributed by atoms with Crippen LogP contribution in [0, 0.1) is 5.92 Å². The highest BCUT2D eigenvalue weighted by molar-refractivity contribution is 5.76. The van der Waals surface area contributed by atoms with E-state index in [0.29, 0.717) is 18.8 Å². The summed E-state index contributed by atoms with van der Waals surface area (Å²) in [6.07, 6.45) is 5.34. The van der Waals surface area contributed by atoms with Crippen molar-refractivity contribution in [2.45, 2.75) is 51.0 Å². The van der Waals surface area contributed by atoms with E-state index in [-0.39, 0.29) is 5.91 Å². The van der Waals surface area contributed by atoms with E-state index >= 15 is 0 Å². The van der Waals surface area contributed by atoms with Crippen molar-refractivity contribution >= 4 is 5.91 Å². The number of nitrogens with zero attached hydrogens (tertiary/aromatic N) is 1. The molecule has 2 rings (SSSR count). The van der Waals surface area contributed by atoms with Crippen LogP contribution in [-0.4, -0.2) is 47.7 Å². The van der Waals surface area contributed by atoms with E-state index in [0.717, 1.165) is 45.4 Å². The van der Waals surface area contributed by atoms with Crippen molar-refractivity contribution in [3.05, 3.63) is 0 Å². The van der Waals surface area contributed by atoms with Crippen molar-refractivity contribution in [2.24, 2.45) is 5.92 Å². The van der Waals surface area contributed by atoms with Crippen molar-refractivity contribution in [1.82, 2.24) is 10.2 Å². The van der Waals surface area contributed by atoms with Gasteiger partial charge in [-0.3, -0.25) is 4.79 Å². The van der Waals surface area contributed by atoms with Gasteiger partial charge in [-0.15, -0.1) is 0 Å². The molecule has 2 unspecified atom stereocenters. The van der Waals surface area contributed by atoms with Crippen LogP contribution in [0.15, 0.2) is 0 Å². The number of likely N-dealkylation sites (tertiary alicyclic amines) is 1. The molecule has 0 spiro atoms. The Kier molecular flexibility index (Phi) is 4.62. The summed E-state index contributed by atoms with van der Waals surface area (Å²) in [4.78, 5) is 14.1. The molecule has 0 bridgehead atoms. The SMILES string of the molecule is CC1(O)CCCN(C(=O)CCC2CCNC2)CC1. The third kappa shape index (κ3) is 3.95. The quantitative estimate of drug-likeness (QED) is 0.794. The summed E-state index contributed by atoms with van der Waals surface area (Å²) in [7, 11) is 0. The maximum atomic E-state index is 12.1. The first kappa shape index (κ1) is 13.8. The van der Waals surface area contributed by atoms with Crippen molar-refractivity contribution in [3.63, 3.8) is 0 Å². The topological polar surface area (TPSA) is 52.6 Å². The van der Waals surface area contributed by atoms with Crippen molar-refractivity contribution < 1.29 is 9.90 Å². The Bertz CT molecular complexity index is 286. The van der Waals surface area contributed by atoms with Crippen LogP contribution < -0.4 is 5.32 Å². The smallest absolute Gasteiger partial charge is 0.222 e. The number of carbonyl (C=O) groups excluding carboxylic acids is 1. The van der Waals surface area contributed by atoms with E-state index in [1.165, 1.54) is 6.42 Å². The second kappa shape index (κ2) is 6.02. The summed E-state index contributed by atoms with van der Waals surface area (Å²) >= 11 is 0. The molecule has 2 saturated heterocycles. The summed E-state index contributed by atoms with van der Waals surface area (Å²) in [5.41, 5.74) is -0.579. The lowest BCUT2D eigenvalue weighted by atomic mass is 9.98. The number of hydrogen-bond donors (Lipinski definition) is 2. The highest BCUT2D eigenvalue weighted by atomic mass is 16.3. The number of aliphatic hydroxyl groups is 1. The van der Waals surface area contributed by atoms with Gasteiger partial charge < -0.3 is 15.3 Å². The lowest BCUT2D eigenvalue weighted by Gasteiger charge is -2.23. The van der Waals surface area contributed by atoms with Crippen LogP contribution in [0.25, 0.3) is 0 Å². The Labute approximate surface area is 110 Å². The zero-order valence-corrected chi connectivity index (χ0v) is 11.5. The standard InChI is InChI=1S/C14H26N2O2/c1-14(18)6-2-9-16(10-7-14)13(17)4-3-12-5-8-15-11-12/h12,15,18H,2-11H2,1H3. The van der Waals surface area contributed by atoms with E-state index in [1.807, 2.05) is 11.8 Å². The van der Waals surface area contributed by atoms with Crippen LogP contribution in [0.5, 0.6) is 0 Å². The Morgan fingerprint density at radius 3 is 3.00 bits per heavy atom. The highest BCUT2D eigenvalue weighted by Crippen LogP contribution is 2.22.